The highest BCUT2D eigenvalue weighted by Gasteiger charge is 2.05. The average molecular weight is 254 g/mol. The second kappa shape index (κ2) is 5.87. The molecule has 3 heteroatoms. The molecule has 0 heterocycles. The predicted molar refractivity (Wildman–Crippen MR) is 75.3 cm³/mol. The Morgan fingerprint density at radius 3 is 2.63 bits per heavy atom. The average Bonchev–Trinajstić information content (AvgIpc) is 2.45. The smallest absolute Gasteiger partial charge is 0.336 e. The normalized spacial score (nSPS) is 10.6. The topological polar surface area (TPSA) is 46.5 Å². The Labute approximate surface area is 111 Å². The van der Waals surface area contributed by atoms with Crippen LogP contribution < -0.4 is 4.74 Å². The molecule has 0 aliphatic rings. The van der Waals surface area contributed by atoms with Gasteiger partial charge in [-0.2, -0.15) is 0 Å². The molecule has 0 aliphatic heterocycles. The summed E-state index contributed by atoms with van der Waals surface area (Å²) in [6.45, 7) is 0. The van der Waals surface area contributed by atoms with Crippen molar-refractivity contribution >= 4 is 18.1 Å². The van der Waals surface area contributed by atoms with E-state index in [2.05, 4.69) is 0 Å². The number of ether oxygens (including phenoxy) is 1. The van der Waals surface area contributed by atoms with E-state index in [4.69, 9.17) is 9.84 Å². The zero-order valence-corrected chi connectivity index (χ0v) is 10.5. The summed E-state index contributed by atoms with van der Waals surface area (Å²) in [6.07, 6.45) is 3.66. The molecule has 19 heavy (non-hydrogen) atoms. The first kappa shape index (κ1) is 12.9. The van der Waals surface area contributed by atoms with Gasteiger partial charge in [-0.15, -0.1) is 0 Å². The molecule has 0 saturated carbocycles. The van der Waals surface area contributed by atoms with Crippen LogP contribution in [-0.4, -0.2) is 18.2 Å². The van der Waals surface area contributed by atoms with Gasteiger partial charge in [-0.1, -0.05) is 42.5 Å². The molecule has 0 atom stereocenters. The zero-order chi connectivity index (χ0) is 13.7. The molecule has 96 valence electrons. The lowest BCUT2D eigenvalue weighted by atomic mass is 10.1. The molecule has 2 rings (SSSR count). The van der Waals surface area contributed by atoms with Gasteiger partial charge in [0.05, 0.1) is 12.7 Å². The fraction of sp³-hybridized carbons (Fsp3) is 0.0625. The summed E-state index contributed by atoms with van der Waals surface area (Å²) in [5, 5.41) is 9.09. The maximum Gasteiger partial charge on any atom is 0.336 e. The second-order valence-electron chi connectivity index (χ2n) is 4.00. The van der Waals surface area contributed by atoms with E-state index in [1.165, 1.54) is 0 Å². The summed E-state index contributed by atoms with van der Waals surface area (Å²) in [5.41, 5.74) is 1.93. The molecule has 2 aromatic carbocycles. The molecular formula is C16H14O3. The van der Waals surface area contributed by atoms with Crippen molar-refractivity contribution < 1.29 is 14.6 Å². The van der Waals surface area contributed by atoms with Crippen LogP contribution in [0.5, 0.6) is 5.75 Å². The number of carboxylic acid groups (broad SMARTS) is 1. The summed E-state index contributed by atoms with van der Waals surface area (Å²) >= 11 is 0. The molecule has 0 aliphatic carbocycles. The van der Waals surface area contributed by atoms with E-state index < -0.39 is 5.97 Å². The highest BCUT2D eigenvalue weighted by molar-refractivity contribution is 5.93. The Kier molecular flexibility index (Phi) is 3.98. The van der Waals surface area contributed by atoms with E-state index >= 15 is 0 Å². The van der Waals surface area contributed by atoms with Gasteiger partial charge in [0, 0.05) is 0 Å². The van der Waals surface area contributed by atoms with Crippen LogP contribution in [0.4, 0.5) is 0 Å². The molecule has 0 radical (unpaired) electrons. The van der Waals surface area contributed by atoms with E-state index in [0.29, 0.717) is 11.1 Å². The molecule has 0 fully saturated rings. The number of hydrogen-bond donors (Lipinski definition) is 1. The van der Waals surface area contributed by atoms with E-state index in [1.807, 2.05) is 36.4 Å². The lowest BCUT2D eigenvalue weighted by Crippen LogP contribution is -1.98. The van der Waals surface area contributed by atoms with Gasteiger partial charge in [-0.25, -0.2) is 4.79 Å². The lowest BCUT2D eigenvalue weighted by Gasteiger charge is -2.02. The first-order chi connectivity index (χ1) is 9.20. The molecule has 3 nitrogen and oxygen atoms in total. The fourth-order valence-corrected chi connectivity index (χ4v) is 1.77. The highest BCUT2D eigenvalue weighted by Crippen LogP contribution is 2.17. The van der Waals surface area contributed by atoms with Gasteiger partial charge in [-0.05, 0) is 29.3 Å². The van der Waals surface area contributed by atoms with Crippen molar-refractivity contribution in [2.45, 2.75) is 0 Å². The van der Waals surface area contributed by atoms with Crippen LogP contribution >= 0.6 is 0 Å². The lowest BCUT2D eigenvalue weighted by molar-refractivity contribution is 0.0696. The zero-order valence-electron chi connectivity index (χ0n) is 10.5. The first-order valence-corrected chi connectivity index (χ1v) is 5.85. The van der Waals surface area contributed by atoms with Crippen molar-refractivity contribution in [3.63, 3.8) is 0 Å². The number of carbonyl (C=O) groups is 1. The Balaban J connectivity index is 2.30. The van der Waals surface area contributed by atoms with Crippen molar-refractivity contribution in [2.24, 2.45) is 0 Å². The van der Waals surface area contributed by atoms with Crippen LogP contribution in [0.1, 0.15) is 21.5 Å². The molecular weight excluding hydrogens is 240 g/mol. The molecule has 0 amide bonds. The van der Waals surface area contributed by atoms with Gasteiger partial charge in [0.2, 0.25) is 0 Å². The van der Waals surface area contributed by atoms with Crippen LogP contribution in [0.15, 0.2) is 48.5 Å². The van der Waals surface area contributed by atoms with Gasteiger partial charge in [0.25, 0.3) is 0 Å². The molecule has 1 N–H and O–H groups in total. The van der Waals surface area contributed by atoms with Crippen LogP contribution in [0.2, 0.25) is 0 Å². The summed E-state index contributed by atoms with van der Waals surface area (Å²) < 4.78 is 5.14. The molecule has 0 bridgehead atoms. The summed E-state index contributed by atoms with van der Waals surface area (Å²) in [6, 6.07) is 14.5. The van der Waals surface area contributed by atoms with Crippen molar-refractivity contribution in [3.8, 4) is 5.75 Å². The van der Waals surface area contributed by atoms with E-state index in [9.17, 15) is 4.79 Å². The quantitative estimate of drug-likeness (QED) is 0.848. The first-order valence-electron chi connectivity index (χ1n) is 5.85. The summed E-state index contributed by atoms with van der Waals surface area (Å²) in [5.74, 6) is -0.153. The molecule has 0 saturated heterocycles. The largest absolute Gasteiger partial charge is 0.497 e. The van der Waals surface area contributed by atoms with Gasteiger partial charge in [0.15, 0.2) is 0 Å². The van der Waals surface area contributed by atoms with Crippen LogP contribution in [0.3, 0.4) is 0 Å². The standard InChI is InChI=1S/C16H14O3/c1-19-14-7-4-5-12(11-14)9-10-13-6-2-3-8-15(13)16(17)18/h2-11H,1H3,(H,17,18)/b10-9+. The fourth-order valence-electron chi connectivity index (χ4n) is 1.77. The van der Waals surface area contributed by atoms with Crippen molar-refractivity contribution in [1.82, 2.24) is 0 Å². The van der Waals surface area contributed by atoms with E-state index in [-0.39, 0.29) is 0 Å². The number of rotatable bonds is 4. The Bertz CT molecular complexity index is 615. The van der Waals surface area contributed by atoms with Crippen molar-refractivity contribution in [1.29, 1.82) is 0 Å². The van der Waals surface area contributed by atoms with Crippen molar-refractivity contribution in [2.75, 3.05) is 7.11 Å². The number of methoxy groups -OCH3 is 1. The van der Waals surface area contributed by atoms with Gasteiger partial charge in [-0.3, -0.25) is 0 Å². The van der Waals surface area contributed by atoms with E-state index in [1.54, 1.807) is 31.4 Å². The van der Waals surface area contributed by atoms with Gasteiger partial charge < -0.3 is 9.84 Å². The molecule has 0 aromatic heterocycles. The van der Waals surface area contributed by atoms with Gasteiger partial charge in [0.1, 0.15) is 5.75 Å². The summed E-state index contributed by atoms with van der Waals surface area (Å²) in [4.78, 5) is 11.1. The SMILES string of the molecule is COc1cccc(/C=C/c2ccccc2C(=O)O)c1. The second-order valence-corrected chi connectivity index (χ2v) is 4.00. The predicted octanol–water partition coefficient (Wildman–Crippen LogP) is 3.56. The van der Waals surface area contributed by atoms with Crippen LogP contribution in [0.25, 0.3) is 12.2 Å². The number of benzene rings is 2. The minimum Gasteiger partial charge on any atom is -0.497 e. The molecule has 0 unspecified atom stereocenters. The van der Waals surface area contributed by atoms with Gasteiger partial charge >= 0.3 is 5.97 Å². The monoisotopic (exact) mass is 254 g/mol. The molecule has 0 spiro atoms. The third-order valence-corrected chi connectivity index (χ3v) is 2.74. The molecule has 2 aromatic rings. The Hall–Kier alpha value is -2.55. The Morgan fingerprint density at radius 1 is 1.11 bits per heavy atom. The van der Waals surface area contributed by atoms with Crippen molar-refractivity contribution in [3.05, 3.63) is 65.2 Å². The van der Waals surface area contributed by atoms with E-state index in [0.717, 1.165) is 11.3 Å². The maximum atomic E-state index is 11.1. The number of hydrogen-bond acceptors (Lipinski definition) is 2. The van der Waals surface area contributed by atoms with Crippen LogP contribution in [0, 0.1) is 0 Å². The number of carboxylic acids is 1. The minimum atomic E-state index is -0.925. The number of aromatic carboxylic acids is 1. The third-order valence-electron chi connectivity index (χ3n) is 2.74. The van der Waals surface area contributed by atoms with Crippen LogP contribution in [-0.2, 0) is 0 Å². The third kappa shape index (κ3) is 3.22. The minimum absolute atomic E-state index is 0.293. The maximum absolute atomic E-state index is 11.1. The highest BCUT2D eigenvalue weighted by atomic mass is 16.5. The Morgan fingerprint density at radius 2 is 1.89 bits per heavy atom. The summed E-state index contributed by atoms with van der Waals surface area (Å²) in [7, 11) is 1.61.